The van der Waals surface area contributed by atoms with Gasteiger partial charge in [0, 0.05) is 105 Å². The van der Waals surface area contributed by atoms with Gasteiger partial charge >= 0.3 is 30.7 Å². The first-order valence-electron chi connectivity index (χ1n) is 29.4. The van der Waals surface area contributed by atoms with Crippen molar-refractivity contribution < 1.29 is 28.4 Å². The summed E-state index contributed by atoms with van der Waals surface area (Å²) in [5.41, 5.74) is 9.01. The maximum atomic E-state index is 13.5. The van der Waals surface area contributed by atoms with E-state index in [9.17, 15) is 19.2 Å². The highest BCUT2D eigenvalue weighted by Crippen LogP contribution is 2.38. The Kier molecular flexibility index (Phi) is 16.2. The first-order chi connectivity index (χ1) is 41.5. The molecule has 11 heterocycles. The van der Waals surface area contributed by atoms with Gasteiger partial charge in [0.2, 0.25) is 0 Å². The van der Waals surface area contributed by atoms with E-state index in [2.05, 4.69) is 52.1 Å². The lowest BCUT2D eigenvalue weighted by molar-refractivity contribution is 0.00578. The van der Waals surface area contributed by atoms with E-state index in [0.29, 0.717) is 39.0 Å². The van der Waals surface area contributed by atoms with Crippen molar-refractivity contribution in [3.05, 3.63) is 135 Å². The average molecular weight is 1260 g/mol. The molecule has 22 nitrogen and oxygen atoms in total. The monoisotopic (exact) mass is 1260 g/mol. The molecule has 3 aliphatic heterocycles. The summed E-state index contributed by atoms with van der Waals surface area (Å²) in [6.45, 7) is 21.3. The molecule has 2 amide bonds. The van der Waals surface area contributed by atoms with Gasteiger partial charge in [-0.15, -0.1) is 0 Å². The summed E-state index contributed by atoms with van der Waals surface area (Å²) in [6, 6.07) is 23.4. The van der Waals surface area contributed by atoms with Crippen molar-refractivity contribution in [3.63, 3.8) is 0 Å². The molecule has 0 unspecified atom stereocenters. The minimum atomic E-state index is -0.575. The highest BCUT2D eigenvalue weighted by atomic mass is 79.9. The minimum Gasteiger partial charge on any atom is -0.444 e. The van der Waals surface area contributed by atoms with E-state index < -0.39 is 11.2 Å². The van der Waals surface area contributed by atoms with Crippen molar-refractivity contribution in [1.82, 2.24) is 67.6 Å². The van der Waals surface area contributed by atoms with Gasteiger partial charge in [-0.3, -0.25) is 47.6 Å². The van der Waals surface area contributed by atoms with Crippen LogP contribution in [0.15, 0.2) is 124 Å². The molecule has 2 atom stereocenters. The zero-order valence-corrected chi connectivity index (χ0v) is 53.9. The number of pyridine rings is 4. The molecule has 8 aromatic heterocycles. The van der Waals surface area contributed by atoms with Crippen molar-refractivity contribution in [1.29, 1.82) is 0 Å². The van der Waals surface area contributed by atoms with Crippen LogP contribution in [-0.4, -0.2) is 135 Å². The second-order valence-corrected chi connectivity index (χ2v) is 26.7. The minimum absolute atomic E-state index is 0.0969. The summed E-state index contributed by atoms with van der Waals surface area (Å²) in [5.74, 6) is 0. The molecule has 0 aliphatic carbocycles. The molecule has 13 rings (SSSR count). The molecule has 3 fully saturated rings. The second kappa shape index (κ2) is 23.2. The zero-order chi connectivity index (χ0) is 62.9. The number of amides is 2. The number of fused-ring (bicyclic) bond motifs is 6. The zero-order valence-electron chi connectivity index (χ0n) is 52.3. The van der Waals surface area contributed by atoms with Gasteiger partial charge in [-0.1, -0.05) is 34.1 Å². The number of ether oxygens (including phenoxy) is 2. The van der Waals surface area contributed by atoms with Gasteiger partial charge < -0.3 is 28.6 Å². The van der Waals surface area contributed by atoms with Crippen LogP contribution in [0, 0.1) is 0 Å². The second-order valence-electron chi connectivity index (χ2n) is 25.8. The average Bonchev–Trinajstić information content (AvgIpc) is 1.66. The molecule has 2 aromatic carbocycles. The SMILES string of the molecule is Cn1c(=O)n([C@H]2CCN(C(=O)OC(C)(C)C)C2)c2c3cc(Br)ccc3ncc21.Cn1ccc(-c2ccc(-c3ccc4ncc5c(c4c3)n([C@H]3CCN(C(=O)OC(C)(C)C)C3)c(=O)n5C)cn2)n1.Cn1ccc(-c2ccc(B3OC(C)(C)C(C)(C)O3)cn2)n1. The van der Waals surface area contributed by atoms with E-state index in [1.807, 2.05) is 178 Å². The molecule has 0 radical (unpaired) electrons. The maximum Gasteiger partial charge on any atom is 0.496 e. The van der Waals surface area contributed by atoms with Crippen molar-refractivity contribution in [2.45, 2.75) is 117 Å². The standard InChI is InChI=1S/C29H31N7O3.C20H23BrN4O3.C15H20BN3O2/c1-29(2,3)39-28(38)35-13-10-20(17-35)36-26-21-14-18(6-8-22(21)31-16-25(26)34(5)27(36)37)19-7-9-23(30-15-19)24-11-12-33(4)32-24;1-20(2,3)28-19(27)24-8-7-13(11-24)25-17-14-9-12(21)5-6-15(14)22-10-16(17)23(4)18(25)26;1-14(2)15(3,4)21-16(20-14)11-6-7-12(17-10-11)13-8-9-19(5)18-13/h6-9,11-12,14-16,20H,10,13,17H2,1-5H3;5-6,9-10,13H,7-8,11H2,1-4H3;6-10H,1-5H3/t20-;13-;/m00./s1. The van der Waals surface area contributed by atoms with Crippen LogP contribution < -0.4 is 16.8 Å². The number of halogens is 1. The summed E-state index contributed by atoms with van der Waals surface area (Å²) < 4.78 is 34.5. The number of hydrogen-bond donors (Lipinski definition) is 0. The van der Waals surface area contributed by atoms with Crippen LogP contribution in [0.2, 0.25) is 0 Å². The highest BCUT2D eigenvalue weighted by molar-refractivity contribution is 9.10. The van der Waals surface area contributed by atoms with Gasteiger partial charge in [-0.05, 0) is 142 Å². The third-order valence-corrected chi connectivity index (χ3v) is 17.0. The van der Waals surface area contributed by atoms with Crippen LogP contribution in [0.4, 0.5) is 9.59 Å². The van der Waals surface area contributed by atoms with Gasteiger partial charge in [0.1, 0.15) is 22.6 Å². The smallest absolute Gasteiger partial charge is 0.444 e. The molecule has 3 aliphatic rings. The Balaban J connectivity index is 0.000000144. The Bertz CT molecular complexity index is 4400. The lowest BCUT2D eigenvalue weighted by Gasteiger charge is -2.32. The summed E-state index contributed by atoms with van der Waals surface area (Å²) in [5, 5.41) is 10.6. The van der Waals surface area contributed by atoms with E-state index in [4.69, 9.17) is 18.8 Å². The fourth-order valence-corrected chi connectivity index (χ4v) is 11.6. The Morgan fingerprint density at radius 2 is 1.02 bits per heavy atom. The van der Waals surface area contributed by atoms with Crippen LogP contribution in [0.25, 0.3) is 77.8 Å². The van der Waals surface area contributed by atoms with Crippen LogP contribution in [0.3, 0.4) is 0 Å². The van der Waals surface area contributed by atoms with Gasteiger partial charge in [0.25, 0.3) is 0 Å². The number of hydrogen-bond acceptors (Lipinski definition) is 14. The van der Waals surface area contributed by atoms with Crippen molar-refractivity contribution >= 4 is 84.6 Å². The van der Waals surface area contributed by atoms with Crippen LogP contribution >= 0.6 is 15.9 Å². The van der Waals surface area contributed by atoms with E-state index >= 15 is 0 Å². The molecular weight excluding hydrogens is 1180 g/mol. The van der Waals surface area contributed by atoms with Crippen LogP contribution in [0.1, 0.15) is 94.2 Å². The lowest BCUT2D eigenvalue weighted by atomic mass is 9.80. The molecule has 88 heavy (non-hydrogen) atoms. The number of aryl methyl sites for hydroxylation is 4. The molecule has 24 heteroatoms. The van der Waals surface area contributed by atoms with Crippen LogP contribution in [-0.2, 0) is 47.0 Å². The molecule has 0 N–H and O–H groups in total. The van der Waals surface area contributed by atoms with E-state index in [1.165, 1.54) is 0 Å². The fraction of sp³-hybridized carbons (Fsp3) is 0.406. The third kappa shape index (κ3) is 12.2. The lowest BCUT2D eigenvalue weighted by Crippen LogP contribution is -2.41. The molecule has 458 valence electrons. The number of rotatable bonds is 6. The van der Waals surface area contributed by atoms with Gasteiger partial charge in [0.15, 0.2) is 0 Å². The van der Waals surface area contributed by atoms with Crippen molar-refractivity contribution in [2.75, 3.05) is 26.2 Å². The topological polar surface area (TPSA) is 219 Å². The number of aromatic nitrogens is 12. The molecule has 0 saturated carbocycles. The normalized spacial score (nSPS) is 17.4. The van der Waals surface area contributed by atoms with E-state index in [0.717, 1.165) is 87.7 Å². The molecule has 3 saturated heterocycles. The summed E-state index contributed by atoms with van der Waals surface area (Å²) in [7, 11) is 6.92. The molecule has 0 spiro atoms. The van der Waals surface area contributed by atoms with E-state index in [-0.39, 0.29) is 54.0 Å². The Morgan fingerprint density at radius 3 is 1.45 bits per heavy atom. The van der Waals surface area contributed by atoms with E-state index in [1.54, 1.807) is 61.0 Å². The van der Waals surface area contributed by atoms with Crippen molar-refractivity contribution in [2.24, 2.45) is 28.2 Å². The predicted octanol–water partition coefficient (Wildman–Crippen LogP) is 10.1. The van der Waals surface area contributed by atoms with Gasteiger partial charge in [0.05, 0.1) is 80.2 Å². The largest absolute Gasteiger partial charge is 0.496 e. The summed E-state index contributed by atoms with van der Waals surface area (Å²) in [4.78, 5) is 73.3. The molecular formula is C64H74BBrN14O8. The number of benzene rings is 2. The molecule has 10 aromatic rings. The highest BCUT2D eigenvalue weighted by Gasteiger charge is 2.52. The number of carbonyl (C=O) groups is 2. The Labute approximate surface area is 518 Å². The number of carbonyl (C=O) groups excluding carboxylic acids is 2. The van der Waals surface area contributed by atoms with Crippen LogP contribution in [0.5, 0.6) is 0 Å². The maximum absolute atomic E-state index is 13.5. The van der Waals surface area contributed by atoms with Gasteiger partial charge in [-0.25, -0.2) is 19.2 Å². The molecule has 0 bridgehead atoms. The fourth-order valence-electron chi connectivity index (χ4n) is 11.3. The summed E-state index contributed by atoms with van der Waals surface area (Å²) >= 11 is 3.52. The first kappa shape index (κ1) is 61.2. The quantitative estimate of drug-likeness (QED) is 0.142. The predicted molar refractivity (Wildman–Crippen MR) is 343 cm³/mol. The van der Waals surface area contributed by atoms with Gasteiger partial charge in [-0.2, -0.15) is 10.2 Å². The number of likely N-dealkylation sites (tertiary alicyclic amines) is 2. The Hall–Kier alpha value is -8.48. The first-order valence-corrected chi connectivity index (χ1v) is 30.2. The van der Waals surface area contributed by atoms with Crippen molar-refractivity contribution in [3.8, 4) is 33.9 Å². The Morgan fingerprint density at radius 1 is 0.568 bits per heavy atom. The third-order valence-electron chi connectivity index (χ3n) is 16.5. The number of nitrogens with zero attached hydrogens (tertiary/aromatic N) is 14. The number of imidazole rings is 2. The summed E-state index contributed by atoms with van der Waals surface area (Å²) in [6.07, 6.45) is 11.6.